The van der Waals surface area contributed by atoms with E-state index < -0.39 is 10.0 Å². The zero-order valence-electron chi connectivity index (χ0n) is 18.2. The van der Waals surface area contributed by atoms with Gasteiger partial charge in [0.05, 0.1) is 10.6 Å². The van der Waals surface area contributed by atoms with E-state index in [0.29, 0.717) is 29.6 Å². The maximum Gasteiger partial charge on any atom is 0.238 e. The molecule has 0 atom stereocenters. The Morgan fingerprint density at radius 3 is 2.34 bits per heavy atom. The van der Waals surface area contributed by atoms with Gasteiger partial charge in [0.1, 0.15) is 5.82 Å². The van der Waals surface area contributed by atoms with Crippen LogP contribution in [0.25, 0.3) is 11.3 Å². The van der Waals surface area contributed by atoms with Crippen LogP contribution in [0.15, 0.2) is 53.4 Å². The van der Waals surface area contributed by atoms with E-state index in [1.165, 1.54) is 12.1 Å². The third-order valence-corrected chi connectivity index (χ3v) is 6.33. The van der Waals surface area contributed by atoms with E-state index in [0.717, 1.165) is 16.8 Å². The predicted octanol–water partition coefficient (Wildman–Crippen LogP) is 3.89. The van der Waals surface area contributed by atoms with Crippen molar-refractivity contribution in [3.63, 3.8) is 0 Å². The first kappa shape index (κ1) is 23.8. The largest absolute Gasteiger partial charge is 0.384 e. The normalized spacial score (nSPS) is 11.9. The summed E-state index contributed by atoms with van der Waals surface area (Å²) in [4.78, 5) is 8.73. The second-order valence-electron chi connectivity index (χ2n) is 8.35. The van der Waals surface area contributed by atoms with Crippen molar-refractivity contribution in [1.29, 1.82) is 0 Å². The van der Waals surface area contributed by atoms with Gasteiger partial charge in [-0.2, -0.15) is 4.98 Å². The van der Waals surface area contributed by atoms with Crippen molar-refractivity contribution in [2.24, 2.45) is 10.6 Å². The Balaban J connectivity index is 1.66. The first-order valence-corrected chi connectivity index (χ1v) is 11.9. The molecule has 3 rings (SSSR count). The molecular weight excluding hydrogens is 448 g/mol. The molecule has 0 fully saturated rings. The number of nitrogens with two attached hydrogens (primary N) is 2. The van der Waals surface area contributed by atoms with Gasteiger partial charge in [-0.15, -0.1) is 0 Å². The number of anilines is 3. The molecule has 0 aliphatic carbocycles. The molecule has 1 aromatic heterocycles. The number of primary sulfonamides is 1. The van der Waals surface area contributed by atoms with Crippen molar-refractivity contribution in [2.45, 2.75) is 25.7 Å². The molecule has 0 radical (unpaired) electrons. The van der Waals surface area contributed by atoms with Crippen molar-refractivity contribution in [1.82, 2.24) is 9.97 Å². The fourth-order valence-electron chi connectivity index (χ4n) is 3.08. The summed E-state index contributed by atoms with van der Waals surface area (Å²) < 4.78 is 22.8. The van der Waals surface area contributed by atoms with Crippen molar-refractivity contribution in [2.75, 3.05) is 29.5 Å². The molecule has 0 bridgehead atoms. The molecule has 0 saturated heterocycles. The second kappa shape index (κ2) is 9.32. The van der Waals surface area contributed by atoms with E-state index in [1.807, 2.05) is 31.2 Å². The van der Waals surface area contributed by atoms with E-state index >= 15 is 0 Å². The summed E-state index contributed by atoms with van der Waals surface area (Å²) in [7, 11) is -3.70. The molecule has 1 heterocycles. The highest BCUT2D eigenvalue weighted by atomic mass is 35.5. The van der Waals surface area contributed by atoms with Crippen molar-refractivity contribution >= 4 is 39.1 Å². The molecule has 3 aromatic rings. The average Bonchev–Trinajstić information content (AvgIpc) is 2.72. The number of aromatic nitrogens is 2. The Morgan fingerprint density at radius 2 is 1.69 bits per heavy atom. The van der Waals surface area contributed by atoms with Crippen LogP contribution in [0.5, 0.6) is 0 Å². The summed E-state index contributed by atoms with van der Waals surface area (Å²) in [5.74, 6) is 0.799. The summed E-state index contributed by atoms with van der Waals surface area (Å²) in [6.45, 7) is 7.37. The number of benzene rings is 2. The third-order valence-electron chi connectivity index (χ3n) is 4.99. The summed E-state index contributed by atoms with van der Waals surface area (Å²) in [6, 6.07) is 13.8. The number of nitrogens with zero attached hydrogens (tertiary/aromatic N) is 2. The Bertz CT molecular complexity index is 1210. The van der Waals surface area contributed by atoms with Crippen molar-refractivity contribution < 1.29 is 8.42 Å². The van der Waals surface area contributed by atoms with Gasteiger partial charge in [-0.25, -0.2) is 18.5 Å². The van der Waals surface area contributed by atoms with Crippen LogP contribution in [0, 0.1) is 12.3 Å². The molecular formula is C22H27ClN6O2S. The predicted molar refractivity (Wildman–Crippen MR) is 130 cm³/mol. The smallest absolute Gasteiger partial charge is 0.238 e. The maximum atomic E-state index is 11.4. The summed E-state index contributed by atoms with van der Waals surface area (Å²) in [5, 5.41) is 12.5. The zero-order chi connectivity index (χ0) is 23.5. The van der Waals surface area contributed by atoms with E-state index in [9.17, 15) is 8.42 Å². The maximum absolute atomic E-state index is 11.4. The van der Waals surface area contributed by atoms with Gasteiger partial charge < -0.3 is 16.4 Å². The molecule has 170 valence electrons. The van der Waals surface area contributed by atoms with E-state index in [-0.39, 0.29) is 16.3 Å². The topological polar surface area (TPSA) is 136 Å². The minimum absolute atomic E-state index is 0.0797. The second-order valence-corrected chi connectivity index (χ2v) is 10.3. The quantitative estimate of drug-likeness (QED) is 0.388. The van der Waals surface area contributed by atoms with Crippen LogP contribution in [0.2, 0.25) is 5.02 Å². The lowest BCUT2D eigenvalue weighted by Crippen LogP contribution is -2.31. The van der Waals surface area contributed by atoms with Gasteiger partial charge in [0.15, 0.2) is 0 Å². The van der Waals surface area contributed by atoms with Gasteiger partial charge in [0, 0.05) is 35.4 Å². The Morgan fingerprint density at radius 1 is 1.03 bits per heavy atom. The number of rotatable bonds is 8. The van der Waals surface area contributed by atoms with Crippen LogP contribution in [0.3, 0.4) is 0 Å². The van der Waals surface area contributed by atoms with Crippen molar-refractivity contribution in [3.8, 4) is 11.3 Å². The summed E-state index contributed by atoms with van der Waals surface area (Å²) in [6.07, 6.45) is 0. The lowest BCUT2D eigenvalue weighted by Gasteiger charge is -2.26. The molecule has 0 aliphatic rings. The molecule has 32 heavy (non-hydrogen) atoms. The highest BCUT2D eigenvalue weighted by molar-refractivity contribution is 7.89. The fourth-order valence-corrected chi connectivity index (χ4v) is 3.77. The lowest BCUT2D eigenvalue weighted by molar-refractivity contribution is 0.419. The van der Waals surface area contributed by atoms with Crippen LogP contribution < -0.4 is 21.5 Å². The molecule has 0 unspecified atom stereocenters. The third kappa shape index (κ3) is 6.09. The minimum Gasteiger partial charge on any atom is -0.384 e. The molecule has 0 saturated carbocycles. The highest BCUT2D eigenvalue weighted by Gasteiger charge is 2.19. The minimum atomic E-state index is -3.70. The average molecular weight is 475 g/mol. The number of hydrogen-bond donors (Lipinski definition) is 4. The van der Waals surface area contributed by atoms with Crippen LogP contribution >= 0.6 is 11.6 Å². The van der Waals surface area contributed by atoms with Crippen LogP contribution in [-0.4, -0.2) is 31.5 Å². The monoisotopic (exact) mass is 474 g/mol. The van der Waals surface area contributed by atoms with E-state index in [2.05, 4.69) is 34.4 Å². The number of nitrogen functional groups attached to an aromatic ring is 1. The van der Waals surface area contributed by atoms with Gasteiger partial charge >= 0.3 is 0 Å². The number of nitrogens with one attached hydrogen (secondary N) is 2. The van der Waals surface area contributed by atoms with Crippen LogP contribution in [-0.2, 0) is 10.0 Å². The van der Waals surface area contributed by atoms with Crippen LogP contribution in [0.4, 0.5) is 17.5 Å². The van der Waals surface area contributed by atoms with Gasteiger partial charge in [-0.1, -0.05) is 37.6 Å². The van der Waals surface area contributed by atoms with E-state index in [4.69, 9.17) is 22.5 Å². The van der Waals surface area contributed by atoms with Gasteiger partial charge in [0.25, 0.3) is 0 Å². The zero-order valence-corrected chi connectivity index (χ0v) is 19.8. The Kier molecular flexibility index (Phi) is 6.92. The summed E-state index contributed by atoms with van der Waals surface area (Å²) >= 11 is 6.25. The molecule has 0 amide bonds. The SMILES string of the molecule is Cc1c(Cl)cccc1-c1cc(NCC(C)(C)CNc2ccc(S(N)(=O)=O)cc2)nc(N)n1. The number of sulfonamides is 1. The standard InChI is InChI=1S/C22H27ClN6O2S/c1-14-17(5-4-6-18(14)23)19-11-20(29-21(24)28-19)27-13-22(2,3)12-26-15-7-9-16(10-8-15)32(25,30)31/h4-11,26H,12-13H2,1-3H3,(H2,25,30,31)(H3,24,27,28,29). The van der Waals surface area contributed by atoms with Crippen LogP contribution in [0.1, 0.15) is 19.4 Å². The van der Waals surface area contributed by atoms with Gasteiger partial charge in [0.2, 0.25) is 16.0 Å². The number of hydrogen-bond acceptors (Lipinski definition) is 7. The molecule has 8 nitrogen and oxygen atoms in total. The number of halogens is 1. The molecule has 2 aromatic carbocycles. The Hall–Kier alpha value is -2.88. The summed E-state index contributed by atoms with van der Waals surface area (Å²) in [5.41, 5.74) is 9.11. The molecule has 0 aliphatic heterocycles. The first-order valence-electron chi connectivity index (χ1n) is 9.95. The van der Waals surface area contributed by atoms with Gasteiger partial charge in [-0.3, -0.25) is 0 Å². The van der Waals surface area contributed by atoms with Gasteiger partial charge in [-0.05, 0) is 48.2 Å². The molecule has 10 heteroatoms. The fraction of sp³-hybridized carbons (Fsp3) is 0.273. The molecule has 6 N–H and O–H groups in total. The lowest BCUT2D eigenvalue weighted by atomic mass is 9.93. The first-order chi connectivity index (χ1) is 14.9. The molecule has 0 spiro atoms. The highest BCUT2D eigenvalue weighted by Crippen LogP contribution is 2.29. The van der Waals surface area contributed by atoms with Crippen molar-refractivity contribution in [3.05, 3.63) is 59.1 Å². The van der Waals surface area contributed by atoms with E-state index in [1.54, 1.807) is 12.1 Å². The Labute approximate surface area is 193 Å².